The molecule has 0 radical (unpaired) electrons. The number of hydrogen-bond donors (Lipinski definition) is 0. The van der Waals surface area contributed by atoms with Gasteiger partial charge in [-0.1, -0.05) is 20.8 Å². The van der Waals surface area contributed by atoms with E-state index in [0.29, 0.717) is 17.0 Å². The summed E-state index contributed by atoms with van der Waals surface area (Å²) in [5.74, 6) is 2.03. The molecule has 0 amide bonds. The lowest BCUT2D eigenvalue weighted by Crippen LogP contribution is -2.26. The normalized spacial score (nSPS) is 18.1. The van der Waals surface area contributed by atoms with Crippen LogP contribution in [0.3, 0.4) is 0 Å². The Bertz CT molecular complexity index is 1070. The maximum Gasteiger partial charge on any atom is 0.217 e. The molecule has 4 aromatic heterocycles. The van der Waals surface area contributed by atoms with Crippen LogP contribution in [0.15, 0.2) is 29.1 Å². The third-order valence-corrected chi connectivity index (χ3v) is 6.51. The molecule has 0 saturated carbocycles. The third-order valence-electron chi connectivity index (χ3n) is 5.35. The van der Waals surface area contributed by atoms with E-state index in [1.54, 1.807) is 17.1 Å². The van der Waals surface area contributed by atoms with E-state index in [2.05, 4.69) is 30.9 Å². The van der Waals surface area contributed by atoms with Crippen LogP contribution >= 0.6 is 11.3 Å². The van der Waals surface area contributed by atoms with Crippen molar-refractivity contribution in [1.29, 1.82) is 0 Å². The molecule has 0 aliphatic heterocycles. The first-order chi connectivity index (χ1) is 12.0. The summed E-state index contributed by atoms with van der Waals surface area (Å²) in [6.07, 6.45) is 6.88. The highest BCUT2D eigenvalue weighted by molar-refractivity contribution is 7.19. The van der Waals surface area contributed by atoms with Crippen molar-refractivity contribution in [3.05, 3.63) is 35.2 Å². The van der Waals surface area contributed by atoms with Crippen molar-refractivity contribution in [1.82, 2.24) is 19.6 Å². The highest BCUT2D eigenvalue weighted by Gasteiger charge is 2.31. The fraction of sp³-hybridized carbons (Fsp3) is 0.421. The van der Waals surface area contributed by atoms with Crippen molar-refractivity contribution in [2.24, 2.45) is 11.3 Å². The standard InChI is InChI=1S/C19H20N4OS/c1-19(2,3)11-6-7-12-14(9-11)25-18-15(12)17-21-16(13-5-4-8-24-13)22-23(17)10-20-18/h4-5,8,10-11H,6-7,9H2,1-3H3/t11-/m1/s1. The summed E-state index contributed by atoms with van der Waals surface area (Å²) in [4.78, 5) is 12.0. The van der Waals surface area contributed by atoms with E-state index in [4.69, 9.17) is 9.40 Å². The molecule has 4 aromatic rings. The van der Waals surface area contributed by atoms with Crippen LogP contribution in [0, 0.1) is 11.3 Å². The van der Waals surface area contributed by atoms with Crippen LogP contribution in [0.25, 0.3) is 27.4 Å². The molecule has 0 N–H and O–H groups in total. The summed E-state index contributed by atoms with van der Waals surface area (Å²) in [6.45, 7) is 7.04. The predicted molar refractivity (Wildman–Crippen MR) is 98.8 cm³/mol. The Hall–Kier alpha value is -2.21. The monoisotopic (exact) mass is 352 g/mol. The van der Waals surface area contributed by atoms with Gasteiger partial charge in [0.25, 0.3) is 0 Å². The molecule has 25 heavy (non-hydrogen) atoms. The number of aromatic nitrogens is 4. The highest BCUT2D eigenvalue weighted by atomic mass is 32.1. The van der Waals surface area contributed by atoms with E-state index in [1.165, 1.54) is 22.2 Å². The van der Waals surface area contributed by atoms with Gasteiger partial charge < -0.3 is 4.42 Å². The fourth-order valence-electron chi connectivity index (χ4n) is 3.82. The van der Waals surface area contributed by atoms with Gasteiger partial charge in [-0.05, 0) is 48.3 Å². The van der Waals surface area contributed by atoms with Gasteiger partial charge in [-0.15, -0.1) is 16.4 Å². The molecular weight excluding hydrogens is 332 g/mol. The van der Waals surface area contributed by atoms with Gasteiger partial charge in [0.05, 0.1) is 11.6 Å². The third kappa shape index (κ3) is 2.31. The van der Waals surface area contributed by atoms with E-state index >= 15 is 0 Å². The van der Waals surface area contributed by atoms with Crippen LogP contribution in [-0.4, -0.2) is 19.6 Å². The van der Waals surface area contributed by atoms with Gasteiger partial charge in [0.1, 0.15) is 11.2 Å². The van der Waals surface area contributed by atoms with Gasteiger partial charge >= 0.3 is 0 Å². The summed E-state index contributed by atoms with van der Waals surface area (Å²) in [6, 6.07) is 3.74. The minimum Gasteiger partial charge on any atom is -0.461 e. The van der Waals surface area contributed by atoms with Crippen LogP contribution in [0.2, 0.25) is 0 Å². The Balaban J connectivity index is 1.68. The first-order valence-corrected chi connectivity index (χ1v) is 9.52. The molecule has 0 unspecified atom stereocenters. The maximum absolute atomic E-state index is 5.45. The average molecular weight is 352 g/mol. The number of nitrogens with zero attached hydrogens (tertiary/aromatic N) is 4. The molecule has 5 rings (SSSR count). The molecule has 6 heteroatoms. The van der Waals surface area contributed by atoms with Crippen LogP contribution in [-0.2, 0) is 12.8 Å². The van der Waals surface area contributed by atoms with E-state index in [1.807, 2.05) is 23.5 Å². The Kier molecular flexibility index (Phi) is 3.10. The molecule has 5 nitrogen and oxygen atoms in total. The molecule has 0 bridgehead atoms. The van der Waals surface area contributed by atoms with Gasteiger partial charge in [0.2, 0.25) is 5.82 Å². The Morgan fingerprint density at radius 3 is 2.96 bits per heavy atom. The quantitative estimate of drug-likeness (QED) is 0.496. The molecule has 1 aliphatic carbocycles. The number of aryl methyl sites for hydroxylation is 1. The molecule has 0 saturated heterocycles. The maximum atomic E-state index is 5.45. The molecule has 128 valence electrons. The lowest BCUT2D eigenvalue weighted by atomic mass is 9.72. The van der Waals surface area contributed by atoms with Crippen LogP contribution in [0.5, 0.6) is 0 Å². The van der Waals surface area contributed by atoms with E-state index in [-0.39, 0.29) is 0 Å². The predicted octanol–water partition coefficient (Wildman–Crippen LogP) is 4.75. The molecular formula is C19H20N4OS. The summed E-state index contributed by atoms with van der Waals surface area (Å²) in [7, 11) is 0. The lowest BCUT2D eigenvalue weighted by molar-refractivity contribution is 0.218. The number of thiophene rings is 1. The summed E-state index contributed by atoms with van der Waals surface area (Å²) >= 11 is 1.83. The first kappa shape index (κ1) is 15.1. The van der Waals surface area contributed by atoms with Gasteiger partial charge in [-0.3, -0.25) is 0 Å². The first-order valence-electron chi connectivity index (χ1n) is 8.70. The fourth-order valence-corrected chi connectivity index (χ4v) is 5.09. The van der Waals surface area contributed by atoms with Crippen molar-refractivity contribution in [3.8, 4) is 11.6 Å². The highest BCUT2D eigenvalue weighted by Crippen LogP contribution is 2.43. The van der Waals surface area contributed by atoms with Crippen LogP contribution in [0.4, 0.5) is 0 Å². The minimum absolute atomic E-state index is 0.345. The minimum atomic E-state index is 0.345. The van der Waals surface area contributed by atoms with Gasteiger partial charge in [-0.25, -0.2) is 14.5 Å². The summed E-state index contributed by atoms with van der Waals surface area (Å²) < 4.78 is 7.23. The molecule has 0 fully saturated rings. The smallest absolute Gasteiger partial charge is 0.217 e. The second-order valence-electron chi connectivity index (χ2n) is 7.92. The molecule has 4 heterocycles. The van der Waals surface area contributed by atoms with Crippen LogP contribution in [0.1, 0.15) is 37.6 Å². The molecule has 0 aromatic carbocycles. The second-order valence-corrected chi connectivity index (χ2v) is 9.00. The van der Waals surface area contributed by atoms with Gasteiger partial charge in [0.15, 0.2) is 11.4 Å². The molecule has 0 spiro atoms. The summed E-state index contributed by atoms with van der Waals surface area (Å²) in [5, 5.41) is 5.72. The SMILES string of the molecule is CC(C)(C)[C@@H]1CCc2c(sc3ncn4nc(-c5ccco5)nc4c23)C1. The van der Waals surface area contributed by atoms with Crippen molar-refractivity contribution in [2.75, 3.05) is 0 Å². The lowest BCUT2D eigenvalue weighted by Gasteiger charge is -2.33. The van der Waals surface area contributed by atoms with Crippen LogP contribution < -0.4 is 0 Å². The van der Waals surface area contributed by atoms with Crippen molar-refractivity contribution >= 4 is 27.2 Å². The zero-order valence-corrected chi connectivity index (χ0v) is 15.4. The molecule has 1 atom stereocenters. The zero-order valence-electron chi connectivity index (χ0n) is 14.6. The number of fused-ring (bicyclic) bond motifs is 5. The Morgan fingerprint density at radius 1 is 1.32 bits per heavy atom. The van der Waals surface area contributed by atoms with E-state index < -0.39 is 0 Å². The molecule has 1 aliphatic rings. The van der Waals surface area contributed by atoms with Gasteiger partial charge in [0, 0.05) is 4.88 Å². The number of hydrogen-bond acceptors (Lipinski definition) is 5. The Labute approximate surface area is 149 Å². The number of rotatable bonds is 1. The van der Waals surface area contributed by atoms with E-state index in [9.17, 15) is 0 Å². The Morgan fingerprint density at radius 2 is 2.20 bits per heavy atom. The zero-order chi connectivity index (χ0) is 17.2. The average Bonchev–Trinajstić information content (AvgIpc) is 3.29. The van der Waals surface area contributed by atoms with Crippen molar-refractivity contribution in [2.45, 2.75) is 40.0 Å². The topological polar surface area (TPSA) is 56.2 Å². The van der Waals surface area contributed by atoms with Crippen molar-refractivity contribution < 1.29 is 4.42 Å². The number of furan rings is 1. The second kappa shape index (κ2) is 5.14. The van der Waals surface area contributed by atoms with Crippen molar-refractivity contribution in [3.63, 3.8) is 0 Å². The largest absolute Gasteiger partial charge is 0.461 e. The van der Waals surface area contributed by atoms with E-state index in [0.717, 1.165) is 29.2 Å². The van der Waals surface area contributed by atoms with Gasteiger partial charge in [-0.2, -0.15) is 0 Å². The summed E-state index contributed by atoms with van der Waals surface area (Å²) in [5.41, 5.74) is 2.66.